The van der Waals surface area contributed by atoms with Gasteiger partial charge in [0.25, 0.3) is 5.91 Å². The Bertz CT molecular complexity index is 749. The van der Waals surface area contributed by atoms with Gasteiger partial charge in [-0.1, -0.05) is 26.8 Å². The third-order valence-corrected chi connectivity index (χ3v) is 3.72. The number of aromatic nitrogens is 1. The molecule has 5 heteroatoms. The Balaban J connectivity index is 2.35. The van der Waals surface area contributed by atoms with Crippen molar-refractivity contribution in [1.29, 1.82) is 0 Å². The molecule has 0 aliphatic carbocycles. The summed E-state index contributed by atoms with van der Waals surface area (Å²) in [5.74, 6) is -0.618. The summed E-state index contributed by atoms with van der Waals surface area (Å²) in [5.41, 5.74) is 1.34. The Morgan fingerprint density at radius 1 is 1.17 bits per heavy atom. The third kappa shape index (κ3) is 3.98. The first-order valence-electron chi connectivity index (χ1n) is 7.76. The minimum atomic E-state index is -0.404. The fourth-order valence-corrected chi connectivity index (χ4v) is 2.41. The molecule has 2 aromatic rings. The van der Waals surface area contributed by atoms with E-state index in [1.807, 2.05) is 26.8 Å². The molecular weight excluding hydrogens is 304 g/mol. The summed E-state index contributed by atoms with van der Waals surface area (Å²) in [6.07, 6.45) is 1.62. The largest absolute Gasteiger partial charge is 0.508 e. The van der Waals surface area contributed by atoms with Crippen LogP contribution in [0.3, 0.4) is 0 Å². The van der Waals surface area contributed by atoms with Crippen LogP contribution in [0.2, 0.25) is 0 Å². The van der Waals surface area contributed by atoms with Crippen LogP contribution in [0.1, 0.15) is 49.3 Å². The molecule has 1 aromatic heterocycles. The van der Waals surface area contributed by atoms with Gasteiger partial charge in [0.1, 0.15) is 5.75 Å². The Morgan fingerprint density at radius 2 is 1.88 bits per heavy atom. The Morgan fingerprint density at radius 3 is 2.42 bits per heavy atom. The van der Waals surface area contributed by atoms with Crippen molar-refractivity contribution in [3.8, 4) is 5.75 Å². The second kappa shape index (κ2) is 6.83. The van der Waals surface area contributed by atoms with Gasteiger partial charge in [-0.2, -0.15) is 0 Å². The lowest BCUT2D eigenvalue weighted by molar-refractivity contribution is -0.126. The summed E-state index contributed by atoms with van der Waals surface area (Å²) >= 11 is 0. The number of nitrogens with zero attached hydrogens (tertiary/aromatic N) is 2. The number of phenolic OH excluding ortho intramolecular Hbond substituents is 1. The molecule has 2 rings (SSSR count). The summed E-state index contributed by atoms with van der Waals surface area (Å²) in [7, 11) is 0. The predicted octanol–water partition coefficient (Wildman–Crippen LogP) is 3.27. The molecule has 1 aromatic carbocycles. The summed E-state index contributed by atoms with van der Waals surface area (Å²) in [4.78, 5) is 30.0. The van der Waals surface area contributed by atoms with Crippen molar-refractivity contribution in [2.75, 3.05) is 0 Å². The van der Waals surface area contributed by atoms with Crippen LogP contribution in [-0.4, -0.2) is 26.8 Å². The zero-order valence-electron chi connectivity index (χ0n) is 14.4. The maximum Gasteiger partial charge on any atom is 0.260 e. The van der Waals surface area contributed by atoms with Crippen LogP contribution in [-0.2, 0) is 16.8 Å². The van der Waals surface area contributed by atoms with Gasteiger partial charge in [-0.25, -0.2) is 0 Å². The first kappa shape index (κ1) is 17.7. The SMILES string of the molecule is CC(=O)N(Cc1ccccn1)C(=O)c1ccc(O)c(C(C)(C)C)c1. The molecule has 126 valence electrons. The van der Waals surface area contributed by atoms with Crippen LogP contribution in [0.4, 0.5) is 0 Å². The number of hydrogen-bond donors (Lipinski definition) is 1. The van der Waals surface area contributed by atoms with Crippen molar-refractivity contribution in [3.63, 3.8) is 0 Å². The van der Waals surface area contributed by atoms with Crippen molar-refractivity contribution in [1.82, 2.24) is 9.88 Å². The van der Waals surface area contributed by atoms with E-state index >= 15 is 0 Å². The number of phenols is 1. The lowest BCUT2D eigenvalue weighted by Crippen LogP contribution is -2.35. The molecule has 0 saturated heterocycles. The molecule has 0 atom stereocenters. The highest BCUT2D eigenvalue weighted by molar-refractivity contribution is 6.04. The van der Waals surface area contributed by atoms with E-state index in [9.17, 15) is 14.7 Å². The molecular formula is C19H22N2O3. The number of benzene rings is 1. The number of carbonyl (C=O) groups excluding carboxylic acids is 2. The van der Waals surface area contributed by atoms with E-state index in [-0.39, 0.29) is 23.6 Å². The minimum absolute atomic E-state index is 0.112. The average Bonchev–Trinajstić information content (AvgIpc) is 2.52. The zero-order chi connectivity index (χ0) is 17.9. The number of imide groups is 1. The quantitative estimate of drug-likeness (QED) is 0.940. The van der Waals surface area contributed by atoms with Crippen LogP contribution in [0.15, 0.2) is 42.6 Å². The van der Waals surface area contributed by atoms with Crippen molar-refractivity contribution in [3.05, 3.63) is 59.4 Å². The average molecular weight is 326 g/mol. The topological polar surface area (TPSA) is 70.5 Å². The number of rotatable bonds is 3. The fourth-order valence-electron chi connectivity index (χ4n) is 2.41. The zero-order valence-corrected chi connectivity index (χ0v) is 14.4. The number of hydrogen-bond acceptors (Lipinski definition) is 4. The molecule has 24 heavy (non-hydrogen) atoms. The molecule has 0 spiro atoms. The molecule has 0 saturated carbocycles. The standard InChI is InChI=1S/C19H22N2O3/c1-13(22)21(12-15-7-5-6-10-20-15)18(24)14-8-9-17(23)16(11-14)19(2,3)4/h5-11,23H,12H2,1-4H3. The van der Waals surface area contributed by atoms with E-state index in [1.54, 1.807) is 24.4 Å². The Labute approximate surface area is 142 Å². The molecule has 0 fully saturated rings. The molecule has 0 aliphatic heterocycles. The monoisotopic (exact) mass is 326 g/mol. The number of amides is 2. The van der Waals surface area contributed by atoms with Gasteiger partial charge >= 0.3 is 0 Å². The summed E-state index contributed by atoms with van der Waals surface area (Å²) in [6, 6.07) is 10.0. The van der Waals surface area contributed by atoms with Crippen molar-refractivity contribution in [2.24, 2.45) is 0 Å². The first-order valence-corrected chi connectivity index (χ1v) is 7.76. The normalized spacial score (nSPS) is 11.2. The maximum atomic E-state index is 12.8. The van der Waals surface area contributed by atoms with Gasteiger partial charge < -0.3 is 5.11 Å². The first-order chi connectivity index (χ1) is 11.2. The lowest BCUT2D eigenvalue weighted by Gasteiger charge is -2.23. The van der Waals surface area contributed by atoms with Gasteiger partial charge in [-0.05, 0) is 35.7 Å². The van der Waals surface area contributed by atoms with Gasteiger partial charge in [-0.3, -0.25) is 19.5 Å². The van der Waals surface area contributed by atoms with Gasteiger partial charge in [0.15, 0.2) is 0 Å². The van der Waals surface area contributed by atoms with E-state index in [0.717, 1.165) is 4.90 Å². The highest BCUT2D eigenvalue weighted by Crippen LogP contribution is 2.31. The van der Waals surface area contributed by atoms with Crippen LogP contribution in [0, 0.1) is 0 Å². The minimum Gasteiger partial charge on any atom is -0.508 e. The summed E-state index contributed by atoms with van der Waals surface area (Å²) < 4.78 is 0. The molecule has 0 bridgehead atoms. The maximum absolute atomic E-state index is 12.8. The highest BCUT2D eigenvalue weighted by atomic mass is 16.3. The van der Waals surface area contributed by atoms with Crippen molar-refractivity contribution >= 4 is 11.8 Å². The van der Waals surface area contributed by atoms with Gasteiger partial charge in [0.2, 0.25) is 5.91 Å². The highest BCUT2D eigenvalue weighted by Gasteiger charge is 2.24. The van der Waals surface area contributed by atoms with Crippen LogP contribution < -0.4 is 0 Å². The van der Waals surface area contributed by atoms with E-state index in [2.05, 4.69) is 4.98 Å². The second-order valence-electron chi connectivity index (χ2n) is 6.71. The van der Waals surface area contributed by atoms with E-state index in [0.29, 0.717) is 16.8 Å². The fraction of sp³-hybridized carbons (Fsp3) is 0.316. The smallest absolute Gasteiger partial charge is 0.260 e. The summed E-state index contributed by atoms with van der Waals surface area (Å²) in [5, 5.41) is 10.0. The molecule has 0 aliphatic rings. The van der Waals surface area contributed by atoms with Crippen LogP contribution >= 0.6 is 0 Å². The molecule has 0 radical (unpaired) electrons. The Hall–Kier alpha value is -2.69. The van der Waals surface area contributed by atoms with Crippen molar-refractivity contribution < 1.29 is 14.7 Å². The lowest BCUT2D eigenvalue weighted by atomic mass is 9.85. The number of aromatic hydroxyl groups is 1. The molecule has 1 heterocycles. The van der Waals surface area contributed by atoms with Gasteiger partial charge in [-0.15, -0.1) is 0 Å². The van der Waals surface area contributed by atoms with Crippen LogP contribution in [0.5, 0.6) is 5.75 Å². The summed E-state index contributed by atoms with van der Waals surface area (Å²) in [6.45, 7) is 7.32. The van der Waals surface area contributed by atoms with E-state index in [1.165, 1.54) is 19.1 Å². The van der Waals surface area contributed by atoms with Crippen LogP contribution in [0.25, 0.3) is 0 Å². The Kier molecular flexibility index (Phi) is 5.02. The molecule has 1 N–H and O–H groups in total. The number of carbonyl (C=O) groups is 2. The molecule has 0 unspecified atom stereocenters. The van der Waals surface area contributed by atoms with E-state index in [4.69, 9.17) is 0 Å². The molecule has 5 nitrogen and oxygen atoms in total. The number of pyridine rings is 1. The van der Waals surface area contributed by atoms with E-state index < -0.39 is 5.91 Å². The van der Waals surface area contributed by atoms with Crippen molar-refractivity contribution in [2.45, 2.75) is 39.7 Å². The second-order valence-corrected chi connectivity index (χ2v) is 6.71. The van der Waals surface area contributed by atoms with Gasteiger partial charge in [0.05, 0.1) is 12.2 Å². The molecule has 2 amide bonds. The predicted molar refractivity (Wildman–Crippen MR) is 91.6 cm³/mol. The third-order valence-electron chi connectivity index (χ3n) is 3.72. The van der Waals surface area contributed by atoms with Gasteiger partial charge in [0, 0.05) is 24.2 Å².